The Morgan fingerprint density at radius 1 is 1.28 bits per heavy atom. The zero-order valence-corrected chi connectivity index (χ0v) is 14.9. The molecule has 25 heavy (non-hydrogen) atoms. The smallest absolute Gasteiger partial charge is 0.249 e. The summed E-state index contributed by atoms with van der Waals surface area (Å²) in [4.78, 5) is 11.9. The molecule has 3 rings (SSSR count). The van der Waals surface area contributed by atoms with Gasteiger partial charge in [0.15, 0.2) is 5.82 Å². The zero-order chi connectivity index (χ0) is 17.8. The molecule has 0 unspecified atom stereocenters. The van der Waals surface area contributed by atoms with Crippen LogP contribution in [-0.4, -0.2) is 25.5 Å². The molecule has 0 saturated carbocycles. The summed E-state index contributed by atoms with van der Waals surface area (Å²) in [5.41, 5.74) is 1.81. The van der Waals surface area contributed by atoms with E-state index in [9.17, 15) is 4.79 Å². The van der Waals surface area contributed by atoms with Gasteiger partial charge in [0, 0.05) is 37.1 Å². The fourth-order valence-corrected chi connectivity index (χ4v) is 2.53. The van der Waals surface area contributed by atoms with E-state index >= 15 is 0 Å². The van der Waals surface area contributed by atoms with Gasteiger partial charge in [0.1, 0.15) is 0 Å². The first-order valence-electron chi connectivity index (χ1n) is 7.45. The standard InChI is InChI=1S/C17H15Cl2N5O/c1-23-10-13(9-20-23)3-5-17(25)21-16-6-7-24(22-16)11-12-2-4-14(18)15(19)8-12/h2-10H,11H2,1H3,(H,21,22,25)/b5-3+. The zero-order valence-electron chi connectivity index (χ0n) is 13.4. The number of benzene rings is 1. The molecule has 0 atom stereocenters. The van der Waals surface area contributed by atoms with Crippen LogP contribution in [0.15, 0.2) is 48.9 Å². The number of nitrogens with zero attached hydrogens (tertiary/aromatic N) is 4. The van der Waals surface area contributed by atoms with Crippen molar-refractivity contribution in [1.29, 1.82) is 0 Å². The number of rotatable bonds is 5. The molecule has 1 N–H and O–H groups in total. The molecule has 1 amide bonds. The minimum absolute atomic E-state index is 0.261. The second-order valence-corrected chi connectivity index (χ2v) is 6.23. The number of aryl methyl sites for hydroxylation is 1. The lowest BCUT2D eigenvalue weighted by Crippen LogP contribution is -2.09. The summed E-state index contributed by atoms with van der Waals surface area (Å²) < 4.78 is 3.38. The molecular weight excluding hydrogens is 361 g/mol. The first-order chi connectivity index (χ1) is 12.0. The SMILES string of the molecule is Cn1cc(/C=C/C(=O)Nc2ccn(Cc3ccc(Cl)c(Cl)c3)n2)cn1. The van der Waals surface area contributed by atoms with E-state index < -0.39 is 0 Å². The van der Waals surface area contributed by atoms with Gasteiger partial charge in [-0.15, -0.1) is 0 Å². The Kier molecular flexibility index (Phi) is 5.21. The van der Waals surface area contributed by atoms with Gasteiger partial charge in [0.05, 0.1) is 22.8 Å². The van der Waals surface area contributed by atoms with Crippen molar-refractivity contribution in [2.75, 3.05) is 5.32 Å². The van der Waals surface area contributed by atoms with Gasteiger partial charge in [-0.3, -0.25) is 14.2 Å². The number of nitrogens with one attached hydrogen (secondary N) is 1. The third-order valence-corrected chi connectivity index (χ3v) is 4.11. The second-order valence-electron chi connectivity index (χ2n) is 5.42. The van der Waals surface area contributed by atoms with E-state index in [2.05, 4.69) is 15.5 Å². The van der Waals surface area contributed by atoms with Crippen molar-refractivity contribution in [3.8, 4) is 0 Å². The molecule has 0 saturated heterocycles. The van der Waals surface area contributed by atoms with E-state index in [1.807, 2.05) is 19.3 Å². The molecule has 128 valence electrons. The summed E-state index contributed by atoms with van der Waals surface area (Å²) in [7, 11) is 1.82. The topological polar surface area (TPSA) is 64.7 Å². The Morgan fingerprint density at radius 3 is 2.84 bits per heavy atom. The van der Waals surface area contributed by atoms with Crippen molar-refractivity contribution < 1.29 is 4.79 Å². The molecule has 1 aromatic carbocycles. The number of anilines is 1. The van der Waals surface area contributed by atoms with E-state index in [0.29, 0.717) is 22.4 Å². The van der Waals surface area contributed by atoms with Gasteiger partial charge in [0.25, 0.3) is 0 Å². The first-order valence-corrected chi connectivity index (χ1v) is 8.20. The van der Waals surface area contributed by atoms with Crippen molar-refractivity contribution in [3.05, 3.63) is 70.1 Å². The summed E-state index contributed by atoms with van der Waals surface area (Å²) in [5.74, 6) is 0.213. The van der Waals surface area contributed by atoms with E-state index in [4.69, 9.17) is 23.2 Å². The van der Waals surface area contributed by atoms with Gasteiger partial charge < -0.3 is 5.32 Å². The molecule has 0 aliphatic rings. The number of carbonyl (C=O) groups excluding carboxylic acids is 1. The van der Waals surface area contributed by atoms with Crippen LogP contribution in [0, 0.1) is 0 Å². The van der Waals surface area contributed by atoms with Gasteiger partial charge in [-0.2, -0.15) is 10.2 Å². The summed E-state index contributed by atoms with van der Waals surface area (Å²) in [6.45, 7) is 0.526. The highest BCUT2D eigenvalue weighted by Gasteiger charge is 2.05. The molecule has 0 aliphatic carbocycles. The minimum atomic E-state index is -0.261. The number of aromatic nitrogens is 4. The van der Waals surface area contributed by atoms with E-state index in [0.717, 1.165) is 11.1 Å². The summed E-state index contributed by atoms with van der Waals surface area (Å²) in [6, 6.07) is 7.15. The van der Waals surface area contributed by atoms with E-state index in [1.54, 1.807) is 46.0 Å². The van der Waals surface area contributed by atoms with Crippen LogP contribution in [0.25, 0.3) is 6.08 Å². The van der Waals surface area contributed by atoms with Crippen molar-refractivity contribution in [1.82, 2.24) is 19.6 Å². The van der Waals surface area contributed by atoms with Crippen LogP contribution in [0.3, 0.4) is 0 Å². The lowest BCUT2D eigenvalue weighted by Gasteiger charge is -2.04. The highest BCUT2D eigenvalue weighted by molar-refractivity contribution is 6.42. The molecule has 8 heteroatoms. The Balaban J connectivity index is 1.60. The van der Waals surface area contributed by atoms with Gasteiger partial charge in [0.2, 0.25) is 5.91 Å². The van der Waals surface area contributed by atoms with Gasteiger partial charge in [-0.25, -0.2) is 0 Å². The van der Waals surface area contributed by atoms with E-state index in [1.165, 1.54) is 6.08 Å². The highest BCUT2D eigenvalue weighted by Crippen LogP contribution is 2.23. The van der Waals surface area contributed by atoms with Crippen LogP contribution in [0.5, 0.6) is 0 Å². The summed E-state index contributed by atoms with van der Waals surface area (Å²) in [5, 5.41) is 12.1. The summed E-state index contributed by atoms with van der Waals surface area (Å²) >= 11 is 11.9. The predicted octanol–water partition coefficient (Wildman–Crippen LogP) is 3.62. The van der Waals surface area contributed by atoms with Crippen molar-refractivity contribution in [2.45, 2.75) is 6.54 Å². The molecule has 6 nitrogen and oxygen atoms in total. The highest BCUT2D eigenvalue weighted by atomic mass is 35.5. The monoisotopic (exact) mass is 375 g/mol. The number of amides is 1. The first kappa shape index (κ1) is 17.3. The predicted molar refractivity (Wildman–Crippen MR) is 98.7 cm³/mol. The second kappa shape index (κ2) is 7.55. The van der Waals surface area contributed by atoms with Crippen LogP contribution >= 0.6 is 23.2 Å². The molecule has 2 heterocycles. The molecular formula is C17H15Cl2N5O. The van der Waals surface area contributed by atoms with Crippen molar-refractivity contribution >= 4 is 41.0 Å². The fourth-order valence-electron chi connectivity index (χ4n) is 2.21. The fraction of sp³-hybridized carbons (Fsp3) is 0.118. The third kappa shape index (κ3) is 4.71. The largest absolute Gasteiger partial charge is 0.306 e. The normalized spacial score (nSPS) is 11.2. The maximum Gasteiger partial charge on any atom is 0.249 e. The van der Waals surface area contributed by atoms with Gasteiger partial charge in [-0.05, 0) is 23.8 Å². The maximum atomic E-state index is 11.9. The third-order valence-electron chi connectivity index (χ3n) is 3.37. The Hall–Kier alpha value is -2.57. The van der Waals surface area contributed by atoms with Crippen LogP contribution in [0.2, 0.25) is 10.0 Å². The van der Waals surface area contributed by atoms with Gasteiger partial charge in [-0.1, -0.05) is 29.3 Å². The van der Waals surface area contributed by atoms with Crippen molar-refractivity contribution in [3.63, 3.8) is 0 Å². The number of hydrogen-bond acceptors (Lipinski definition) is 3. The number of hydrogen-bond donors (Lipinski definition) is 1. The Bertz CT molecular complexity index is 929. The van der Waals surface area contributed by atoms with Gasteiger partial charge >= 0.3 is 0 Å². The Morgan fingerprint density at radius 2 is 2.12 bits per heavy atom. The van der Waals surface area contributed by atoms with Crippen LogP contribution in [0.1, 0.15) is 11.1 Å². The molecule has 0 radical (unpaired) electrons. The average molecular weight is 376 g/mol. The number of carbonyl (C=O) groups is 1. The van der Waals surface area contributed by atoms with E-state index in [-0.39, 0.29) is 5.91 Å². The molecule has 0 bridgehead atoms. The molecule has 2 aromatic heterocycles. The minimum Gasteiger partial charge on any atom is -0.306 e. The quantitative estimate of drug-likeness (QED) is 0.692. The number of halogens is 2. The maximum absolute atomic E-state index is 11.9. The lowest BCUT2D eigenvalue weighted by molar-refractivity contribution is -0.111. The lowest BCUT2D eigenvalue weighted by atomic mass is 10.2. The van der Waals surface area contributed by atoms with Crippen LogP contribution in [-0.2, 0) is 18.4 Å². The molecule has 0 spiro atoms. The average Bonchev–Trinajstić information content (AvgIpc) is 3.18. The molecule has 0 fully saturated rings. The van der Waals surface area contributed by atoms with Crippen molar-refractivity contribution in [2.24, 2.45) is 7.05 Å². The Labute approximate surface area is 154 Å². The van der Waals surface area contributed by atoms with Crippen LogP contribution in [0.4, 0.5) is 5.82 Å². The molecule has 3 aromatic rings. The summed E-state index contributed by atoms with van der Waals surface area (Å²) in [6.07, 6.45) is 8.40. The van der Waals surface area contributed by atoms with Crippen LogP contribution < -0.4 is 5.32 Å². The molecule has 0 aliphatic heterocycles.